The molecule has 0 radical (unpaired) electrons. The highest BCUT2D eigenvalue weighted by atomic mass is 32.1. The fourth-order valence-corrected chi connectivity index (χ4v) is 4.79. The van der Waals surface area contributed by atoms with Gasteiger partial charge < -0.3 is 15.0 Å². The van der Waals surface area contributed by atoms with Gasteiger partial charge in [-0.15, -0.1) is 11.3 Å². The number of fused-ring (bicyclic) bond motifs is 2. The number of carbonyl (C=O) groups excluding carboxylic acids is 2. The highest BCUT2D eigenvalue weighted by Gasteiger charge is 2.31. The number of nitrogens with zero attached hydrogens (tertiary/aromatic N) is 2. The van der Waals surface area contributed by atoms with Crippen LogP contribution in [0, 0.1) is 0 Å². The number of hydrogen-bond donors (Lipinski definition) is 1. The van der Waals surface area contributed by atoms with Crippen molar-refractivity contribution in [1.82, 2.24) is 4.98 Å². The zero-order valence-electron chi connectivity index (χ0n) is 17.4. The fourth-order valence-electron chi connectivity index (χ4n) is 3.78. The summed E-state index contributed by atoms with van der Waals surface area (Å²) in [5, 5.41) is 3.86. The van der Waals surface area contributed by atoms with Gasteiger partial charge in [0.15, 0.2) is 6.10 Å². The number of anilines is 2. The molecule has 0 saturated heterocycles. The highest BCUT2D eigenvalue weighted by molar-refractivity contribution is 7.21. The number of nitrogens with one attached hydrogen (secondary N) is 1. The molecule has 160 valence electrons. The van der Waals surface area contributed by atoms with Crippen LogP contribution in [0.1, 0.15) is 13.3 Å². The van der Waals surface area contributed by atoms with Gasteiger partial charge in [0, 0.05) is 18.5 Å². The van der Waals surface area contributed by atoms with Crippen LogP contribution in [0.25, 0.3) is 20.8 Å². The van der Waals surface area contributed by atoms with Gasteiger partial charge >= 0.3 is 0 Å². The first-order chi connectivity index (χ1) is 15.6. The summed E-state index contributed by atoms with van der Waals surface area (Å²) in [7, 11) is 0. The highest BCUT2D eigenvalue weighted by Crippen LogP contribution is 2.35. The lowest BCUT2D eigenvalue weighted by molar-refractivity contribution is -0.125. The van der Waals surface area contributed by atoms with E-state index >= 15 is 0 Å². The van der Waals surface area contributed by atoms with Crippen LogP contribution in [-0.4, -0.2) is 29.4 Å². The maximum Gasteiger partial charge on any atom is 0.267 e. The molecule has 0 spiro atoms. The van der Waals surface area contributed by atoms with Gasteiger partial charge in [-0.25, -0.2) is 4.98 Å². The van der Waals surface area contributed by atoms with E-state index in [2.05, 4.69) is 5.32 Å². The van der Waals surface area contributed by atoms with Crippen LogP contribution in [0.3, 0.4) is 0 Å². The summed E-state index contributed by atoms with van der Waals surface area (Å²) in [6.45, 7) is 2.00. The number of thiazole rings is 1. The Hall–Kier alpha value is -3.71. The Kier molecular flexibility index (Phi) is 5.33. The molecule has 6 nitrogen and oxygen atoms in total. The van der Waals surface area contributed by atoms with E-state index in [0.717, 1.165) is 20.8 Å². The molecule has 1 N–H and O–H groups in total. The first-order valence-electron chi connectivity index (χ1n) is 10.4. The third-order valence-electron chi connectivity index (χ3n) is 5.36. The van der Waals surface area contributed by atoms with E-state index in [1.54, 1.807) is 23.2 Å². The van der Waals surface area contributed by atoms with Crippen molar-refractivity contribution in [3.05, 3.63) is 72.8 Å². The average molecular weight is 444 g/mol. The number of para-hydroxylation sites is 4. The third kappa shape index (κ3) is 3.83. The predicted molar refractivity (Wildman–Crippen MR) is 127 cm³/mol. The molecule has 1 aliphatic heterocycles. The van der Waals surface area contributed by atoms with Crippen LogP contribution < -0.4 is 15.0 Å². The Morgan fingerprint density at radius 3 is 2.69 bits per heavy atom. The van der Waals surface area contributed by atoms with Crippen molar-refractivity contribution in [3.63, 3.8) is 0 Å². The zero-order valence-corrected chi connectivity index (χ0v) is 18.3. The lowest BCUT2D eigenvalue weighted by Crippen LogP contribution is -2.45. The first kappa shape index (κ1) is 20.2. The summed E-state index contributed by atoms with van der Waals surface area (Å²) in [5.74, 6) is 0.343. The summed E-state index contributed by atoms with van der Waals surface area (Å²) in [6.07, 6.45) is -0.409. The minimum absolute atomic E-state index is 0.147. The van der Waals surface area contributed by atoms with Crippen molar-refractivity contribution in [2.24, 2.45) is 0 Å². The number of aromatic nitrogens is 1. The van der Waals surface area contributed by atoms with Gasteiger partial charge in [-0.1, -0.05) is 36.4 Å². The molecule has 32 heavy (non-hydrogen) atoms. The molecule has 1 aromatic heterocycles. The molecule has 1 atom stereocenters. The number of rotatable bonds is 5. The lowest BCUT2D eigenvalue weighted by Gasteiger charge is -2.32. The van der Waals surface area contributed by atoms with Gasteiger partial charge in [-0.2, -0.15) is 0 Å². The SMILES string of the molecule is CC1Oc2ccccc2N(CCC(=O)Nc2ccccc2-c2nc3ccccc3s2)C1=O. The summed E-state index contributed by atoms with van der Waals surface area (Å²) in [4.78, 5) is 31.8. The molecule has 7 heteroatoms. The van der Waals surface area contributed by atoms with E-state index in [1.165, 1.54) is 0 Å². The molecule has 1 unspecified atom stereocenters. The van der Waals surface area contributed by atoms with Crippen molar-refractivity contribution < 1.29 is 14.3 Å². The number of ether oxygens (including phenoxy) is 1. The second kappa shape index (κ2) is 8.43. The Balaban J connectivity index is 1.33. The molecule has 0 fully saturated rings. The monoisotopic (exact) mass is 443 g/mol. The van der Waals surface area contributed by atoms with Crippen molar-refractivity contribution in [2.75, 3.05) is 16.8 Å². The average Bonchev–Trinajstić information content (AvgIpc) is 3.24. The lowest BCUT2D eigenvalue weighted by atomic mass is 10.1. The van der Waals surface area contributed by atoms with Crippen LogP contribution in [0.4, 0.5) is 11.4 Å². The van der Waals surface area contributed by atoms with Crippen molar-refractivity contribution in [2.45, 2.75) is 19.4 Å². The smallest absolute Gasteiger partial charge is 0.267 e. The molecule has 0 bridgehead atoms. The van der Waals surface area contributed by atoms with Gasteiger partial charge in [0.05, 0.1) is 21.6 Å². The van der Waals surface area contributed by atoms with Crippen LogP contribution >= 0.6 is 11.3 Å². The van der Waals surface area contributed by atoms with Gasteiger partial charge in [0.2, 0.25) is 5.91 Å². The Morgan fingerprint density at radius 2 is 1.81 bits per heavy atom. The van der Waals surface area contributed by atoms with Crippen molar-refractivity contribution >= 4 is 44.7 Å². The zero-order chi connectivity index (χ0) is 22.1. The molecule has 0 aliphatic carbocycles. The summed E-state index contributed by atoms with van der Waals surface area (Å²) in [6, 6.07) is 23.0. The van der Waals surface area contributed by atoms with Crippen LogP contribution in [0.5, 0.6) is 5.75 Å². The van der Waals surface area contributed by atoms with Crippen LogP contribution in [0.15, 0.2) is 72.8 Å². The quantitative estimate of drug-likeness (QED) is 0.466. The largest absolute Gasteiger partial charge is 0.479 e. The minimum atomic E-state index is -0.576. The van der Waals surface area contributed by atoms with E-state index in [1.807, 2.05) is 72.8 Å². The number of benzene rings is 3. The van der Waals surface area contributed by atoms with E-state index in [4.69, 9.17) is 9.72 Å². The maximum absolute atomic E-state index is 12.8. The number of carbonyl (C=O) groups is 2. The number of hydrogen-bond acceptors (Lipinski definition) is 5. The Labute approximate surface area is 189 Å². The van der Waals surface area contributed by atoms with Crippen molar-refractivity contribution in [3.8, 4) is 16.3 Å². The maximum atomic E-state index is 12.8. The normalized spacial score (nSPS) is 15.3. The van der Waals surface area contributed by atoms with Gasteiger partial charge in [-0.05, 0) is 43.3 Å². The van der Waals surface area contributed by atoms with E-state index in [9.17, 15) is 9.59 Å². The molecule has 4 aromatic rings. The molecular weight excluding hydrogens is 422 g/mol. The fraction of sp³-hybridized carbons (Fsp3) is 0.160. The van der Waals surface area contributed by atoms with Crippen molar-refractivity contribution in [1.29, 1.82) is 0 Å². The summed E-state index contributed by atoms with van der Waals surface area (Å²) >= 11 is 1.59. The van der Waals surface area contributed by atoms with Crippen LogP contribution in [0.2, 0.25) is 0 Å². The Bertz CT molecular complexity index is 1280. The molecule has 2 amide bonds. The molecule has 5 rings (SSSR count). The van der Waals surface area contributed by atoms with E-state index < -0.39 is 6.10 Å². The standard InChI is InChI=1S/C25H21N3O3S/c1-16-25(30)28(20-11-5-6-12-21(20)31-16)15-14-23(29)26-18-9-3-2-8-17(18)24-27-19-10-4-7-13-22(19)32-24/h2-13,16H,14-15H2,1H3,(H,26,29). The minimum Gasteiger partial charge on any atom is -0.479 e. The van der Waals surface area contributed by atoms with Gasteiger partial charge in [0.1, 0.15) is 10.8 Å². The Morgan fingerprint density at radius 1 is 1.06 bits per heavy atom. The second-order valence-electron chi connectivity index (χ2n) is 7.55. The third-order valence-corrected chi connectivity index (χ3v) is 6.43. The molecule has 2 heterocycles. The van der Waals surface area contributed by atoms with Gasteiger partial charge in [-0.3, -0.25) is 9.59 Å². The molecular formula is C25H21N3O3S. The molecule has 0 saturated carbocycles. The first-order valence-corrected chi connectivity index (χ1v) is 11.2. The predicted octanol–water partition coefficient (Wildman–Crippen LogP) is 5.11. The van der Waals surface area contributed by atoms with E-state index in [-0.39, 0.29) is 24.8 Å². The van der Waals surface area contributed by atoms with Gasteiger partial charge in [0.25, 0.3) is 5.91 Å². The molecule has 1 aliphatic rings. The summed E-state index contributed by atoms with van der Waals surface area (Å²) in [5.41, 5.74) is 3.22. The second-order valence-corrected chi connectivity index (χ2v) is 8.58. The summed E-state index contributed by atoms with van der Waals surface area (Å²) < 4.78 is 6.77. The van der Waals surface area contributed by atoms with E-state index in [0.29, 0.717) is 17.1 Å². The topological polar surface area (TPSA) is 71.5 Å². The molecule has 3 aromatic carbocycles. The van der Waals surface area contributed by atoms with Crippen LogP contribution in [-0.2, 0) is 9.59 Å². The number of amides is 2.